The molecule has 0 aliphatic carbocycles. The Morgan fingerprint density at radius 1 is 1.00 bits per heavy atom. The van der Waals surface area contributed by atoms with Gasteiger partial charge in [0.05, 0.1) is 10.6 Å². The third-order valence-corrected chi connectivity index (χ3v) is 7.65. The molecule has 1 aliphatic heterocycles. The lowest BCUT2D eigenvalue weighted by atomic mass is 10.2. The summed E-state index contributed by atoms with van der Waals surface area (Å²) >= 11 is 6.10. The minimum atomic E-state index is -3.94. The van der Waals surface area contributed by atoms with Gasteiger partial charge in [0.15, 0.2) is 0 Å². The van der Waals surface area contributed by atoms with Gasteiger partial charge in [-0.15, -0.1) is 0 Å². The minimum Gasteiger partial charge on any atom is -0.371 e. The highest BCUT2D eigenvalue weighted by atomic mass is 35.5. The number of halogens is 1. The highest BCUT2D eigenvalue weighted by Crippen LogP contribution is 2.27. The largest absolute Gasteiger partial charge is 0.371 e. The molecule has 33 heavy (non-hydrogen) atoms. The van der Waals surface area contributed by atoms with E-state index in [2.05, 4.69) is 28.4 Å². The van der Waals surface area contributed by atoms with Crippen LogP contribution < -0.4 is 14.5 Å². The Morgan fingerprint density at radius 2 is 1.76 bits per heavy atom. The lowest BCUT2D eigenvalue weighted by molar-refractivity contribution is -0.119. The maximum atomic E-state index is 13.3. The van der Waals surface area contributed by atoms with E-state index in [4.69, 9.17) is 11.6 Å². The van der Waals surface area contributed by atoms with Crippen LogP contribution >= 0.6 is 11.6 Å². The van der Waals surface area contributed by atoms with E-state index < -0.39 is 10.0 Å². The van der Waals surface area contributed by atoms with Gasteiger partial charge in [0, 0.05) is 30.3 Å². The average molecular weight is 484 g/mol. The Bertz CT molecular complexity index is 1220. The smallest absolute Gasteiger partial charge is 0.264 e. The number of benzene rings is 3. The van der Waals surface area contributed by atoms with E-state index in [9.17, 15) is 13.2 Å². The fourth-order valence-electron chi connectivity index (χ4n) is 3.99. The molecular formula is C25H26ClN3O3S. The van der Waals surface area contributed by atoms with Gasteiger partial charge >= 0.3 is 0 Å². The highest BCUT2D eigenvalue weighted by molar-refractivity contribution is 7.92. The summed E-state index contributed by atoms with van der Waals surface area (Å²) in [6.07, 6.45) is 1.80. The number of hydrogen-bond acceptors (Lipinski definition) is 4. The van der Waals surface area contributed by atoms with Crippen molar-refractivity contribution in [2.45, 2.75) is 17.7 Å². The first kappa shape index (κ1) is 23.1. The van der Waals surface area contributed by atoms with Gasteiger partial charge in [0.1, 0.15) is 6.54 Å². The summed E-state index contributed by atoms with van der Waals surface area (Å²) in [6.45, 7) is 1.94. The summed E-state index contributed by atoms with van der Waals surface area (Å²) < 4.78 is 27.7. The maximum Gasteiger partial charge on any atom is 0.264 e. The summed E-state index contributed by atoms with van der Waals surface area (Å²) in [5.41, 5.74) is 2.95. The molecule has 0 atom stereocenters. The second-order valence-corrected chi connectivity index (χ2v) is 10.2. The first-order chi connectivity index (χ1) is 15.9. The van der Waals surface area contributed by atoms with E-state index in [0.717, 1.165) is 30.2 Å². The molecule has 0 radical (unpaired) electrons. The fraction of sp³-hybridized carbons (Fsp3) is 0.240. The second kappa shape index (κ2) is 10.3. The number of rotatable bonds is 9. The number of nitrogens with zero attached hydrogens (tertiary/aromatic N) is 2. The van der Waals surface area contributed by atoms with Crippen LogP contribution in [-0.4, -0.2) is 40.5 Å². The Labute approximate surface area is 199 Å². The van der Waals surface area contributed by atoms with Crippen LogP contribution in [0.25, 0.3) is 0 Å². The van der Waals surface area contributed by atoms with E-state index in [1.165, 1.54) is 23.4 Å². The van der Waals surface area contributed by atoms with E-state index in [-0.39, 0.29) is 17.3 Å². The van der Waals surface area contributed by atoms with Gasteiger partial charge in [-0.25, -0.2) is 8.42 Å². The number of sulfonamides is 1. The molecule has 1 N–H and O–H groups in total. The molecule has 172 valence electrons. The van der Waals surface area contributed by atoms with E-state index in [0.29, 0.717) is 17.3 Å². The Balaban J connectivity index is 1.40. The quantitative estimate of drug-likeness (QED) is 0.465. The maximum absolute atomic E-state index is 13.3. The van der Waals surface area contributed by atoms with Crippen LogP contribution in [0.5, 0.6) is 0 Å². The normalized spacial score (nSPS) is 12.9. The molecule has 4 rings (SSSR count). The van der Waals surface area contributed by atoms with Crippen LogP contribution in [0.1, 0.15) is 12.0 Å². The van der Waals surface area contributed by atoms with Crippen molar-refractivity contribution in [3.05, 3.63) is 89.4 Å². The third kappa shape index (κ3) is 5.49. The predicted molar refractivity (Wildman–Crippen MR) is 132 cm³/mol. The summed E-state index contributed by atoms with van der Waals surface area (Å²) in [5.74, 6) is -0.365. The molecule has 0 saturated carbocycles. The van der Waals surface area contributed by atoms with Crippen LogP contribution in [0.2, 0.25) is 5.02 Å². The molecule has 1 amide bonds. The molecule has 3 aromatic carbocycles. The Hall–Kier alpha value is -3.03. The SMILES string of the molecule is O=C(CN(c1cccc(Cl)c1)S(=O)(=O)c1ccccc1)NCCCN1CCc2ccccc21. The minimum absolute atomic E-state index is 0.116. The van der Waals surface area contributed by atoms with Gasteiger partial charge in [-0.2, -0.15) is 0 Å². The third-order valence-electron chi connectivity index (χ3n) is 5.62. The fourth-order valence-corrected chi connectivity index (χ4v) is 5.61. The second-order valence-electron chi connectivity index (χ2n) is 7.87. The van der Waals surface area contributed by atoms with Gasteiger partial charge in [-0.1, -0.05) is 54.1 Å². The lowest BCUT2D eigenvalue weighted by Crippen LogP contribution is -2.41. The van der Waals surface area contributed by atoms with Gasteiger partial charge in [0.25, 0.3) is 10.0 Å². The van der Waals surface area contributed by atoms with Gasteiger partial charge < -0.3 is 10.2 Å². The molecule has 1 aliphatic rings. The Kier molecular flexibility index (Phi) is 7.20. The number of nitrogens with one attached hydrogen (secondary N) is 1. The van der Waals surface area contributed by atoms with Gasteiger partial charge in [-0.05, 0) is 54.8 Å². The number of amides is 1. The zero-order valence-electron chi connectivity index (χ0n) is 18.2. The van der Waals surface area contributed by atoms with E-state index >= 15 is 0 Å². The number of carbonyl (C=O) groups excluding carboxylic acids is 1. The van der Waals surface area contributed by atoms with Crippen molar-refractivity contribution in [1.82, 2.24) is 5.32 Å². The molecule has 1 heterocycles. The summed E-state index contributed by atoms with van der Waals surface area (Å²) in [6, 6.07) is 22.9. The van der Waals surface area contributed by atoms with Crippen LogP contribution in [0.3, 0.4) is 0 Å². The number of anilines is 2. The first-order valence-electron chi connectivity index (χ1n) is 10.9. The molecule has 0 bridgehead atoms. The molecule has 0 saturated heterocycles. The lowest BCUT2D eigenvalue weighted by Gasteiger charge is -2.24. The van der Waals surface area contributed by atoms with E-state index in [1.54, 1.807) is 42.5 Å². The van der Waals surface area contributed by atoms with Crippen molar-refractivity contribution < 1.29 is 13.2 Å². The van der Waals surface area contributed by atoms with Gasteiger partial charge in [-0.3, -0.25) is 9.10 Å². The van der Waals surface area contributed by atoms with Crippen molar-refractivity contribution >= 4 is 38.9 Å². The number of para-hydroxylation sites is 1. The average Bonchev–Trinajstić information content (AvgIpc) is 3.24. The number of fused-ring (bicyclic) bond motifs is 1. The van der Waals surface area contributed by atoms with Crippen LogP contribution in [0.15, 0.2) is 83.8 Å². The predicted octanol–water partition coefficient (Wildman–Crippen LogP) is 4.10. The molecule has 0 unspecified atom stereocenters. The van der Waals surface area contributed by atoms with E-state index in [1.807, 2.05) is 6.07 Å². The standard InChI is InChI=1S/C25H26ClN3O3S/c26-21-9-6-10-22(18-21)29(33(31,32)23-11-2-1-3-12-23)19-25(30)27-15-7-16-28-17-14-20-8-4-5-13-24(20)28/h1-6,8-13,18H,7,14-17,19H2,(H,27,30). The molecule has 0 aromatic heterocycles. The van der Waals surface area contributed by atoms with Crippen molar-refractivity contribution in [3.63, 3.8) is 0 Å². The van der Waals surface area contributed by atoms with Crippen molar-refractivity contribution in [3.8, 4) is 0 Å². The summed E-state index contributed by atoms with van der Waals surface area (Å²) in [7, 11) is -3.94. The first-order valence-corrected chi connectivity index (χ1v) is 12.7. The molecule has 3 aromatic rings. The van der Waals surface area contributed by atoms with Crippen LogP contribution in [-0.2, 0) is 21.2 Å². The molecule has 8 heteroatoms. The van der Waals surface area contributed by atoms with Crippen molar-refractivity contribution in [2.24, 2.45) is 0 Å². The van der Waals surface area contributed by atoms with Crippen molar-refractivity contribution in [2.75, 3.05) is 35.4 Å². The molecule has 6 nitrogen and oxygen atoms in total. The monoisotopic (exact) mass is 483 g/mol. The number of carbonyl (C=O) groups is 1. The summed E-state index contributed by atoms with van der Waals surface area (Å²) in [4.78, 5) is 15.2. The number of hydrogen-bond donors (Lipinski definition) is 1. The topological polar surface area (TPSA) is 69.7 Å². The van der Waals surface area contributed by atoms with Crippen LogP contribution in [0.4, 0.5) is 11.4 Å². The van der Waals surface area contributed by atoms with Gasteiger partial charge in [0.2, 0.25) is 5.91 Å². The highest BCUT2D eigenvalue weighted by Gasteiger charge is 2.27. The molecule has 0 fully saturated rings. The van der Waals surface area contributed by atoms with Crippen molar-refractivity contribution in [1.29, 1.82) is 0 Å². The Morgan fingerprint density at radius 3 is 2.55 bits per heavy atom. The molecular weight excluding hydrogens is 458 g/mol. The molecule has 0 spiro atoms. The van der Waals surface area contributed by atoms with Crippen LogP contribution in [0, 0.1) is 0 Å². The zero-order valence-corrected chi connectivity index (χ0v) is 19.7. The summed E-state index contributed by atoms with van der Waals surface area (Å²) in [5, 5.41) is 3.26. The zero-order chi connectivity index (χ0) is 23.3.